The number of hydrogen-bond donors (Lipinski definition) is 2. The van der Waals surface area contributed by atoms with Crippen LogP contribution in [-0.2, 0) is 11.3 Å². The molecule has 1 aliphatic carbocycles. The number of aryl methyl sites for hydroxylation is 2. The van der Waals surface area contributed by atoms with Crippen molar-refractivity contribution in [2.45, 2.75) is 32.7 Å². The minimum absolute atomic E-state index is 0.0723. The van der Waals surface area contributed by atoms with Crippen LogP contribution in [0, 0.1) is 25.6 Å². The topological polar surface area (TPSA) is 62.0 Å². The van der Waals surface area contributed by atoms with Crippen molar-refractivity contribution in [2.75, 3.05) is 0 Å². The molecule has 2 N–H and O–H groups in total. The Labute approximate surface area is 133 Å². The monoisotopic (exact) mass is 314 g/mol. The van der Waals surface area contributed by atoms with Crippen LogP contribution in [0.5, 0.6) is 0 Å². The lowest BCUT2D eigenvalue weighted by atomic mass is 10.1. The quantitative estimate of drug-likeness (QED) is 0.911. The molecule has 0 saturated heterocycles. The zero-order chi connectivity index (χ0) is 16.6. The number of hydrogen-bond acceptors (Lipinski definition) is 2. The number of aromatic amines is 1. The lowest BCUT2D eigenvalue weighted by molar-refractivity contribution is -0.122. The molecule has 1 aromatic heterocycles. The van der Waals surface area contributed by atoms with Crippen LogP contribution in [0.4, 0.5) is 4.39 Å². The molecule has 1 aromatic carbocycles. The molecule has 0 radical (unpaired) electrons. The number of pyridine rings is 1. The van der Waals surface area contributed by atoms with Crippen molar-refractivity contribution in [1.29, 1.82) is 0 Å². The van der Waals surface area contributed by atoms with Crippen LogP contribution >= 0.6 is 0 Å². The fraction of sp³-hybridized carbons (Fsp3) is 0.333. The van der Waals surface area contributed by atoms with Gasteiger partial charge in [0.15, 0.2) is 0 Å². The van der Waals surface area contributed by atoms with E-state index < -0.39 is 0 Å². The summed E-state index contributed by atoms with van der Waals surface area (Å²) in [7, 11) is 0. The fourth-order valence-corrected chi connectivity index (χ4v) is 3.00. The summed E-state index contributed by atoms with van der Waals surface area (Å²) in [6.07, 6.45) is 0.721. The largest absolute Gasteiger partial charge is 0.352 e. The van der Waals surface area contributed by atoms with Crippen molar-refractivity contribution in [3.63, 3.8) is 0 Å². The van der Waals surface area contributed by atoms with Crippen molar-refractivity contribution in [1.82, 2.24) is 10.3 Å². The third-order valence-corrected chi connectivity index (χ3v) is 4.34. The first-order valence-corrected chi connectivity index (χ1v) is 7.68. The van der Waals surface area contributed by atoms with Crippen LogP contribution in [0.1, 0.15) is 34.7 Å². The molecule has 0 aliphatic heterocycles. The number of carbonyl (C=O) groups excluding carboxylic acids is 1. The lowest BCUT2D eigenvalue weighted by Gasteiger charge is -2.08. The van der Waals surface area contributed by atoms with Crippen molar-refractivity contribution in [3.05, 3.63) is 68.9 Å². The Hall–Kier alpha value is -2.43. The van der Waals surface area contributed by atoms with E-state index in [0.717, 1.165) is 23.2 Å². The molecule has 0 bridgehead atoms. The van der Waals surface area contributed by atoms with E-state index in [0.29, 0.717) is 5.56 Å². The van der Waals surface area contributed by atoms with Gasteiger partial charge >= 0.3 is 0 Å². The first-order chi connectivity index (χ1) is 11.0. The van der Waals surface area contributed by atoms with Crippen LogP contribution in [-0.4, -0.2) is 10.9 Å². The highest BCUT2D eigenvalue weighted by Gasteiger charge is 2.43. The Bertz CT molecular complexity index is 813. The van der Waals surface area contributed by atoms with E-state index in [4.69, 9.17) is 0 Å². The molecule has 5 heteroatoms. The van der Waals surface area contributed by atoms with Crippen molar-refractivity contribution in [2.24, 2.45) is 5.92 Å². The van der Waals surface area contributed by atoms with E-state index in [1.807, 2.05) is 26.0 Å². The fourth-order valence-electron chi connectivity index (χ4n) is 3.00. The number of carbonyl (C=O) groups is 1. The van der Waals surface area contributed by atoms with Gasteiger partial charge in [-0.1, -0.05) is 12.1 Å². The summed E-state index contributed by atoms with van der Waals surface area (Å²) in [6, 6.07) is 8.26. The summed E-state index contributed by atoms with van der Waals surface area (Å²) in [4.78, 5) is 26.9. The van der Waals surface area contributed by atoms with Crippen molar-refractivity contribution in [3.8, 4) is 0 Å². The summed E-state index contributed by atoms with van der Waals surface area (Å²) in [5.41, 5.74) is 2.93. The van der Waals surface area contributed by atoms with Crippen LogP contribution in [0.15, 0.2) is 35.1 Å². The molecule has 23 heavy (non-hydrogen) atoms. The van der Waals surface area contributed by atoms with Gasteiger partial charge in [-0.25, -0.2) is 4.39 Å². The molecular weight excluding hydrogens is 295 g/mol. The summed E-state index contributed by atoms with van der Waals surface area (Å²) >= 11 is 0. The summed E-state index contributed by atoms with van der Waals surface area (Å²) in [5.74, 6) is -0.432. The highest BCUT2D eigenvalue weighted by Crippen LogP contribution is 2.47. The smallest absolute Gasteiger partial charge is 0.253 e. The number of amides is 1. The summed E-state index contributed by atoms with van der Waals surface area (Å²) in [5, 5.41) is 2.82. The number of aromatic nitrogens is 1. The van der Waals surface area contributed by atoms with Crippen LogP contribution in [0.3, 0.4) is 0 Å². The number of rotatable bonds is 4. The molecule has 1 saturated carbocycles. The molecule has 2 atom stereocenters. The van der Waals surface area contributed by atoms with E-state index >= 15 is 0 Å². The highest BCUT2D eigenvalue weighted by molar-refractivity contribution is 5.82. The van der Waals surface area contributed by atoms with Crippen molar-refractivity contribution < 1.29 is 9.18 Å². The van der Waals surface area contributed by atoms with Gasteiger partial charge in [0.2, 0.25) is 5.91 Å². The minimum Gasteiger partial charge on any atom is -0.352 e. The molecule has 1 fully saturated rings. The zero-order valence-electron chi connectivity index (χ0n) is 13.2. The number of halogens is 1. The summed E-state index contributed by atoms with van der Waals surface area (Å²) in [6.45, 7) is 3.90. The van der Waals surface area contributed by atoms with Gasteiger partial charge < -0.3 is 10.3 Å². The Morgan fingerprint density at radius 2 is 2.13 bits per heavy atom. The van der Waals surface area contributed by atoms with Crippen LogP contribution in [0.25, 0.3) is 0 Å². The van der Waals surface area contributed by atoms with Gasteiger partial charge in [-0.2, -0.15) is 0 Å². The second kappa shape index (κ2) is 5.99. The average molecular weight is 314 g/mol. The highest BCUT2D eigenvalue weighted by atomic mass is 19.1. The maximum absolute atomic E-state index is 13.2. The molecule has 1 aliphatic rings. The Morgan fingerprint density at radius 1 is 1.35 bits per heavy atom. The predicted octanol–water partition coefficient (Wildman–Crippen LogP) is 2.55. The van der Waals surface area contributed by atoms with Gasteiger partial charge in [0.25, 0.3) is 5.56 Å². The summed E-state index contributed by atoms with van der Waals surface area (Å²) < 4.78 is 13.2. The Kier molecular flexibility index (Phi) is 4.03. The van der Waals surface area contributed by atoms with Gasteiger partial charge in [0.1, 0.15) is 5.82 Å². The van der Waals surface area contributed by atoms with Crippen LogP contribution < -0.4 is 10.9 Å². The third kappa shape index (κ3) is 3.33. The molecule has 4 nitrogen and oxygen atoms in total. The molecular formula is C18H19FN2O2. The Balaban J connectivity index is 1.63. The number of H-pyrrole nitrogens is 1. The van der Waals surface area contributed by atoms with E-state index in [1.54, 1.807) is 6.07 Å². The molecule has 1 amide bonds. The normalized spacial score (nSPS) is 19.4. The zero-order valence-corrected chi connectivity index (χ0v) is 13.2. The third-order valence-electron chi connectivity index (χ3n) is 4.34. The van der Waals surface area contributed by atoms with Gasteiger partial charge in [0, 0.05) is 23.7 Å². The van der Waals surface area contributed by atoms with Gasteiger partial charge in [-0.15, -0.1) is 0 Å². The predicted molar refractivity (Wildman–Crippen MR) is 85.6 cm³/mol. The maximum atomic E-state index is 13.2. The van der Waals surface area contributed by atoms with Crippen molar-refractivity contribution >= 4 is 5.91 Å². The van der Waals surface area contributed by atoms with E-state index in [2.05, 4.69) is 10.3 Å². The van der Waals surface area contributed by atoms with Crippen LogP contribution in [0.2, 0.25) is 0 Å². The molecule has 2 aromatic rings. The molecule has 3 rings (SSSR count). The molecule has 1 heterocycles. The lowest BCUT2D eigenvalue weighted by Crippen LogP contribution is -2.29. The molecule has 120 valence electrons. The number of benzene rings is 1. The molecule has 0 spiro atoms. The van der Waals surface area contributed by atoms with E-state index in [1.165, 1.54) is 12.1 Å². The van der Waals surface area contributed by atoms with E-state index in [-0.39, 0.29) is 35.7 Å². The van der Waals surface area contributed by atoms with E-state index in [9.17, 15) is 14.0 Å². The molecule has 0 unspecified atom stereocenters. The van der Waals surface area contributed by atoms with Gasteiger partial charge in [0.05, 0.1) is 0 Å². The maximum Gasteiger partial charge on any atom is 0.253 e. The second-order valence-corrected chi connectivity index (χ2v) is 6.16. The SMILES string of the molecule is Cc1cc(C)c(CNC(=O)[C@H]2C[C@@H]2c2cccc(F)c2)c(=O)[nH]1. The standard InChI is InChI=1S/C18H19FN2O2/c1-10-6-11(2)21-18(23)16(10)9-20-17(22)15-8-14(15)12-4-3-5-13(19)7-12/h3-7,14-15H,8-9H2,1-2H3,(H,20,22)(H,21,23)/t14-,15+/m1/s1. The van der Waals surface area contributed by atoms with Gasteiger partial charge in [-0.3, -0.25) is 9.59 Å². The number of nitrogens with one attached hydrogen (secondary N) is 2. The van der Waals surface area contributed by atoms with Gasteiger partial charge in [-0.05, 0) is 55.5 Å². The minimum atomic E-state index is -0.282. The Morgan fingerprint density at radius 3 is 2.83 bits per heavy atom. The second-order valence-electron chi connectivity index (χ2n) is 6.16. The first-order valence-electron chi connectivity index (χ1n) is 7.68. The first kappa shape index (κ1) is 15.5. The average Bonchev–Trinajstić information content (AvgIpc) is 3.26.